The van der Waals surface area contributed by atoms with Gasteiger partial charge in [-0.1, -0.05) is 23.2 Å². The maximum absolute atomic E-state index is 6.18. The molecule has 0 aromatic carbocycles. The highest BCUT2D eigenvalue weighted by atomic mass is 31.0. The van der Waals surface area contributed by atoms with Crippen LogP contribution in [0.2, 0.25) is 0 Å². The summed E-state index contributed by atoms with van der Waals surface area (Å²) in [7, 11) is 2.75. The molecule has 1 aliphatic rings. The van der Waals surface area contributed by atoms with E-state index in [0.29, 0.717) is 6.04 Å². The molecular formula is C8H19N2P. The fourth-order valence-corrected chi connectivity index (χ4v) is 2.36. The zero-order valence-corrected chi connectivity index (χ0v) is 9.04. The number of hydrogen-bond acceptors (Lipinski definition) is 2. The van der Waals surface area contributed by atoms with Gasteiger partial charge in [-0.05, 0) is 19.3 Å². The van der Waals surface area contributed by atoms with Crippen molar-refractivity contribution in [3.63, 3.8) is 0 Å². The summed E-state index contributed by atoms with van der Waals surface area (Å²) in [5, 5.41) is 0. The Labute approximate surface area is 71.8 Å². The van der Waals surface area contributed by atoms with Crippen molar-refractivity contribution in [1.82, 2.24) is 4.67 Å². The first-order valence-electron chi connectivity index (χ1n) is 4.09. The standard InChI is InChI=1S/C8H19N2P/c1-6-7(2,3)8(4,9)5-10(6)11/h6H,5,9,11H2,1-4H3. The van der Waals surface area contributed by atoms with E-state index in [1.807, 2.05) is 0 Å². The zero-order chi connectivity index (χ0) is 8.86. The molecule has 0 spiro atoms. The molecule has 11 heavy (non-hydrogen) atoms. The summed E-state index contributed by atoms with van der Waals surface area (Å²) < 4.78 is 2.25. The minimum Gasteiger partial charge on any atom is -0.324 e. The molecule has 3 atom stereocenters. The molecule has 3 unspecified atom stereocenters. The lowest BCUT2D eigenvalue weighted by Gasteiger charge is -2.36. The van der Waals surface area contributed by atoms with Crippen LogP contribution in [0, 0.1) is 5.41 Å². The molecule has 0 radical (unpaired) electrons. The van der Waals surface area contributed by atoms with Crippen LogP contribution in [0.15, 0.2) is 0 Å². The average Bonchev–Trinajstić information content (AvgIpc) is 1.93. The van der Waals surface area contributed by atoms with Crippen molar-refractivity contribution >= 4 is 9.39 Å². The number of hydrogen-bond donors (Lipinski definition) is 1. The molecule has 66 valence electrons. The van der Waals surface area contributed by atoms with Crippen LogP contribution >= 0.6 is 9.39 Å². The third kappa shape index (κ3) is 1.22. The van der Waals surface area contributed by atoms with E-state index in [2.05, 4.69) is 41.8 Å². The quantitative estimate of drug-likeness (QED) is 0.559. The van der Waals surface area contributed by atoms with E-state index in [1.54, 1.807) is 0 Å². The predicted molar refractivity (Wildman–Crippen MR) is 52.3 cm³/mol. The molecule has 2 nitrogen and oxygen atoms in total. The Kier molecular flexibility index (Phi) is 2.07. The second kappa shape index (κ2) is 2.42. The smallest absolute Gasteiger partial charge is 0.0324 e. The van der Waals surface area contributed by atoms with E-state index in [4.69, 9.17) is 5.73 Å². The summed E-state index contributed by atoms with van der Waals surface area (Å²) in [4.78, 5) is 0. The van der Waals surface area contributed by atoms with Gasteiger partial charge in [-0.25, -0.2) is 0 Å². The first-order chi connectivity index (χ1) is 4.79. The summed E-state index contributed by atoms with van der Waals surface area (Å²) in [6.45, 7) is 9.80. The first kappa shape index (κ1) is 9.44. The molecule has 0 aromatic heterocycles. The van der Waals surface area contributed by atoms with Crippen LogP contribution in [-0.4, -0.2) is 22.8 Å². The highest BCUT2D eigenvalue weighted by Crippen LogP contribution is 2.43. The molecule has 1 rings (SSSR count). The van der Waals surface area contributed by atoms with Crippen LogP contribution in [0.3, 0.4) is 0 Å². The Morgan fingerprint density at radius 3 is 2.00 bits per heavy atom. The lowest BCUT2D eigenvalue weighted by atomic mass is 9.73. The van der Waals surface area contributed by atoms with E-state index in [-0.39, 0.29) is 11.0 Å². The Hall–Kier alpha value is 0.350. The molecule has 2 N–H and O–H groups in total. The van der Waals surface area contributed by atoms with Crippen molar-refractivity contribution in [3.8, 4) is 0 Å². The lowest BCUT2D eigenvalue weighted by Crippen LogP contribution is -2.50. The van der Waals surface area contributed by atoms with Crippen molar-refractivity contribution < 1.29 is 0 Å². The van der Waals surface area contributed by atoms with Crippen LogP contribution in [0.1, 0.15) is 27.7 Å². The molecule has 0 bridgehead atoms. The van der Waals surface area contributed by atoms with Crippen molar-refractivity contribution in [1.29, 1.82) is 0 Å². The summed E-state index contributed by atoms with van der Waals surface area (Å²) in [5.41, 5.74) is 6.32. The fraction of sp³-hybridized carbons (Fsp3) is 1.00. The Balaban J connectivity index is 2.92. The second-order valence-corrected chi connectivity index (χ2v) is 5.15. The third-order valence-corrected chi connectivity index (χ3v) is 4.15. The monoisotopic (exact) mass is 174 g/mol. The van der Waals surface area contributed by atoms with Crippen LogP contribution in [0.25, 0.3) is 0 Å². The summed E-state index contributed by atoms with van der Waals surface area (Å²) in [5.74, 6) is 0. The topological polar surface area (TPSA) is 29.3 Å². The van der Waals surface area contributed by atoms with Crippen molar-refractivity contribution in [2.75, 3.05) is 6.54 Å². The molecule has 0 amide bonds. The van der Waals surface area contributed by atoms with Gasteiger partial charge in [0.25, 0.3) is 0 Å². The van der Waals surface area contributed by atoms with Crippen molar-refractivity contribution in [2.24, 2.45) is 11.1 Å². The van der Waals surface area contributed by atoms with E-state index in [0.717, 1.165) is 6.54 Å². The van der Waals surface area contributed by atoms with E-state index < -0.39 is 0 Å². The molecule has 0 aliphatic carbocycles. The third-order valence-electron chi connectivity index (χ3n) is 3.52. The minimum absolute atomic E-state index is 0.0613. The van der Waals surface area contributed by atoms with Gasteiger partial charge in [0.2, 0.25) is 0 Å². The average molecular weight is 174 g/mol. The lowest BCUT2D eigenvalue weighted by molar-refractivity contribution is 0.208. The van der Waals surface area contributed by atoms with Gasteiger partial charge in [0.15, 0.2) is 0 Å². The molecule has 0 saturated carbocycles. The minimum atomic E-state index is -0.0613. The van der Waals surface area contributed by atoms with Gasteiger partial charge < -0.3 is 5.73 Å². The van der Waals surface area contributed by atoms with Gasteiger partial charge in [0.1, 0.15) is 0 Å². The summed E-state index contributed by atoms with van der Waals surface area (Å²) in [6, 6.07) is 0.544. The molecule has 1 heterocycles. The number of rotatable bonds is 0. The SMILES string of the molecule is CC1N(P)CC(C)(N)C1(C)C. The maximum Gasteiger partial charge on any atom is 0.0324 e. The van der Waals surface area contributed by atoms with Gasteiger partial charge in [0.05, 0.1) is 0 Å². The molecule has 1 fully saturated rings. The number of nitrogens with two attached hydrogens (primary N) is 1. The molecular weight excluding hydrogens is 155 g/mol. The van der Waals surface area contributed by atoms with Gasteiger partial charge in [0, 0.05) is 18.1 Å². The molecule has 3 heteroatoms. The zero-order valence-electron chi connectivity index (χ0n) is 7.89. The molecule has 1 saturated heterocycles. The highest BCUT2D eigenvalue weighted by Gasteiger charge is 2.50. The van der Waals surface area contributed by atoms with Crippen LogP contribution < -0.4 is 5.73 Å². The summed E-state index contributed by atoms with van der Waals surface area (Å²) >= 11 is 0. The van der Waals surface area contributed by atoms with Crippen LogP contribution in [0.4, 0.5) is 0 Å². The van der Waals surface area contributed by atoms with Gasteiger partial charge in [-0.15, -0.1) is 0 Å². The predicted octanol–water partition coefficient (Wildman–Crippen LogP) is 1.22. The van der Waals surface area contributed by atoms with Gasteiger partial charge >= 0.3 is 0 Å². The fourth-order valence-electron chi connectivity index (χ4n) is 1.61. The van der Waals surface area contributed by atoms with E-state index in [9.17, 15) is 0 Å². The van der Waals surface area contributed by atoms with Gasteiger partial charge in [-0.2, -0.15) is 0 Å². The molecule has 0 aromatic rings. The van der Waals surface area contributed by atoms with Crippen LogP contribution in [-0.2, 0) is 0 Å². The first-order valence-corrected chi connectivity index (χ1v) is 4.61. The largest absolute Gasteiger partial charge is 0.324 e. The van der Waals surface area contributed by atoms with Gasteiger partial charge in [-0.3, -0.25) is 4.67 Å². The summed E-state index contributed by atoms with van der Waals surface area (Å²) in [6.07, 6.45) is 0. The van der Waals surface area contributed by atoms with Crippen LogP contribution in [0.5, 0.6) is 0 Å². The maximum atomic E-state index is 6.18. The molecule has 1 aliphatic heterocycles. The van der Waals surface area contributed by atoms with Crippen molar-refractivity contribution in [2.45, 2.75) is 39.3 Å². The van der Waals surface area contributed by atoms with Crippen molar-refractivity contribution in [3.05, 3.63) is 0 Å². The Bertz CT molecular complexity index is 165. The normalized spacial score (nSPS) is 44.7. The highest BCUT2D eigenvalue weighted by molar-refractivity contribution is 7.13. The van der Waals surface area contributed by atoms with E-state index in [1.165, 1.54) is 0 Å². The second-order valence-electron chi connectivity index (χ2n) is 4.49. The Morgan fingerprint density at radius 2 is 1.91 bits per heavy atom. The number of nitrogens with zero attached hydrogens (tertiary/aromatic N) is 1. The Morgan fingerprint density at radius 1 is 1.45 bits per heavy atom. The van der Waals surface area contributed by atoms with E-state index >= 15 is 0 Å².